The fourth-order valence-corrected chi connectivity index (χ4v) is 3.64. The third-order valence-electron chi connectivity index (χ3n) is 4.77. The van der Waals surface area contributed by atoms with Crippen LogP contribution in [0, 0.1) is 13.8 Å². The molecule has 0 amide bonds. The molecule has 5 heteroatoms. The summed E-state index contributed by atoms with van der Waals surface area (Å²) < 4.78 is 26.5. The van der Waals surface area contributed by atoms with Crippen LogP contribution in [0.25, 0.3) is 5.57 Å². The molecule has 0 radical (unpaired) electrons. The lowest BCUT2D eigenvalue weighted by atomic mass is 9.82. The van der Waals surface area contributed by atoms with Crippen molar-refractivity contribution < 1.29 is 8.63 Å². The van der Waals surface area contributed by atoms with E-state index in [0.717, 1.165) is 46.8 Å². The van der Waals surface area contributed by atoms with Crippen molar-refractivity contribution in [3.8, 4) is 0 Å². The second-order valence-electron chi connectivity index (χ2n) is 6.16. The summed E-state index contributed by atoms with van der Waals surface area (Å²) >= 11 is 0. The molecule has 1 aromatic rings. The summed E-state index contributed by atoms with van der Waals surface area (Å²) in [5.41, 5.74) is 8.68. The fourth-order valence-electron chi connectivity index (χ4n) is 3.64. The predicted octanol–water partition coefficient (Wildman–Crippen LogP) is 5.53. The standard InChI is InChI=1S/C18H25BF2N2/c1-7-14-10(3)17(22-12(14)5)16(9-19(20)21)18-11(4)15(8-2)13(6)23-18/h22H,7-9H2,1-6H3/b18-16-. The van der Waals surface area contributed by atoms with Crippen LogP contribution in [0.15, 0.2) is 21.8 Å². The number of aliphatic imine (C=N–C) groups is 1. The lowest BCUT2D eigenvalue weighted by Crippen LogP contribution is -2.02. The monoisotopic (exact) mass is 318 g/mol. The first kappa shape index (κ1) is 17.7. The van der Waals surface area contributed by atoms with Gasteiger partial charge in [-0.25, -0.2) is 0 Å². The van der Waals surface area contributed by atoms with E-state index in [2.05, 4.69) is 23.8 Å². The molecule has 23 heavy (non-hydrogen) atoms. The zero-order chi connectivity index (χ0) is 17.3. The lowest BCUT2D eigenvalue weighted by Gasteiger charge is -2.11. The number of halogens is 2. The van der Waals surface area contributed by atoms with Gasteiger partial charge < -0.3 is 4.98 Å². The van der Waals surface area contributed by atoms with E-state index in [1.165, 1.54) is 11.1 Å². The maximum Gasteiger partial charge on any atom is 0.542 e. The van der Waals surface area contributed by atoms with Gasteiger partial charge in [-0.15, -0.1) is 0 Å². The fraction of sp³-hybridized carbons (Fsp3) is 0.500. The van der Waals surface area contributed by atoms with Crippen LogP contribution >= 0.6 is 0 Å². The summed E-state index contributed by atoms with van der Waals surface area (Å²) in [7, 11) is -2.39. The molecular weight excluding hydrogens is 293 g/mol. The van der Waals surface area contributed by atoms with E-state index in [0.29, 0.717) is 5.57 Å². The molecule has 1 aliphatic heterocycles. The van der Waals surface area contributed by atoms with Gasteiger partial charge in [-0.2, -0.15) is 0 Å². The highest BCUT2D eigenvalue weighted by molar-refractivity contribution is 6.45. The van der Waals surface area contributed by atoms with Gasteiger partial charge in [0.25, 0.3) is 0 Å². The van der Waals surface area contributed by atoms with Gasteiger partial charge in [-0.05, 0) is 62.8 Å². The third kappa shape index (κ3) is 3.19. The van der Waals surface area contributed by atoms with Crippen LogP contribution in [-0.2, 0) is 6.42 Å². The zero-order valence-electron chi connectivity index (χ0n) is 14.9. The van der Waals surface area contributed by atoms with Crippen LogP contribution in [0.2, 0.25) is 6.32 Å². The van der Waals surface area contributed by atoms with Crippen molar-refractivity contribution in [2.45, 2.75) is 60.7 Å². The van der Waals surface area contributed by atoms with Crippen molar-refractivity contribution in [3.05, 3.63) is 39.4 Å². The molecule has 0 atom stereocenters. The number of allylic oxidation sites excluding steroid dienone is 3. The van der Waals surface area contributed by atoms with Gasteiger partial charge in [0.2, 0.25) is 0 Å². The van der Waals surface area contributed by atoms with Crippen molar-refractivity contribution >= 4 is 18.6 Å². The highest BCUT2D eigenvalue weighted by Gasteiger charge is 2.27. The van der Waals surface area contributed by atoms with Crippen LogP contribution in [0.3, 0.4) is 0 Å². The Morgan fingerprint density at radius 3 is 2.17 bits per heavy atom. The second kappa shape index (κ2) is 6.85. The molecule has 0 fully saturated rings. The summed E-state index contributed by atoms with van der Waals surface area (Å²) in [4.78, 5) is 7.96. The summed E-state index contributed by atoms with van der Waals surface area (Å²) in [5.74, 6) is 0. The Morgan fingerprint density at radius 1 is 1.09 bits per heavy atom. The number of aromatic amines is 1. The van der Waals surface area contributed by atoms with Crippen molar-refractivity contribution in [2.75, 3.05) is 0 Å². The molecule has 0 aliphatic carbocycles. The van der Waals surface area contributed by atoms with Crippen LogP contribution in [-0.4, -0.2) is 18.0 Å². The van der Waals surface area contributed by atoms with E-state index in [1.54, 1.807) is 0 Å². The number of nitrogens with zero attached hydrogens (tertiary/aromatic N) is 1. The predicted molar refractivity (Wildman–Crippen MR) is 95.4 cm³/mol. The maximum absolute atomic E-state index is 13.2. The minimum absolute atomic E-state index is 0.273. The van der Waals surface area contributed by atoms with Gasteiger partial charge in [0.1, 0.15) is 0 Å². The number of aromatic nitrogens is 1. The number of H-pyrrole nitrogens is 1. The molecule has 0 saturated heterocycles. The smallest absolute Gasteiger partial charge is 0.358 e. The van der Waals surface area contributed by atoms with Crippen LogP contribution in [0.5, 0.6) is 0 Å². The lowest BCUT2D eigenvalue weighted by molar-refractivity contribution is 0.664. The van der Waals surface area contributed by atoms with E-state index >= 15 is 0 Å². The Balaban J connectivity index is 2.70. The Hall–Kier alpha value is -1.65. The van der Waals surface area contributed by atoms with Crippen molar-refractivity contribution in [2.24, 2.45) is 4.99 Å². The molecule has 1 N–H and O–H groups in total. The van der Waals surface area contributed by atoms with E-state index in [4.69, 9.17) is 0 Å². The van der Waals surface area contributed by atoms with Crippen molar-refractivity contribution in [3.63, 3.8) is 0 Å². The molecule has 2 nitrogen and oxygen atoms in total. The first-order valence-electron chi connectivity index (χ1n) is 8.27. The average molecular weight is 318 g/mol. The minimum Gasteiger partial charge on any atom is -0.358 e. The Labute approximate surface area is 138 Å². The van der Waals surface area contributed by atoms with E-state index in [1.807, 2.05) is 27.7 Å². The van der Waals surface area contributed by atoms with Crippen LogP contribution in [0.4, 0.5) is 8.63 Å². The molecule has 0 unspecified atom stereocenters. The van der Waals surface area contributed by atoms with Gasteiger partial charge in [0.05, 0.1) is 5.70 Å². The largest absolute Gasteiger partial charge is 0.542 e. The Kier molecular flexibility index (Phi) is 5.28. The van der Waals surface area contributed by atoms with E-state index in [9.17, 15) is 8.63 Å². The topological polar surface area (TPSA) is 28.1 Å². The summed E-state index contributed by atoms with van der Waals surface area (Å²) in [6, 6.07) is 0. The number of nitrogens with one attached hydrogen (secondary N) is 1. The molecule has 2 rings (SSSR count). The third-order valence-corrected chi connectivity index (χ3v) is 4.77. The Bertz CT molecular complexity index is 709. The van der Waals surface area contributed by atoms with Gasteiger partial charge in [0.15, 0.2) is 0 Å². The number of rotatable bonds is 5. The van der Waals surface area contributed by atoms with Gasteiger partial charge in [-0.3, -0.25) is 13.6 Å². The number of hydrogen-bond acceptors (Lipinski definition) is 1. The van der Waals surface area contributed by atoms with E-state index in [-0.39, 0.29) is 6.32 Å². The first-order valence-corrected chi connectivity index (χ1v) is 8.27. The molecule has 0 aromatic carbocycles. The van der Waals surface area contributed by atoms with E-state index < -0.39 is 7.27 Å². The SMILES string of the molecule is CCC1=C(C)/C(=C(\CB(F)F)c2[nH]c(C)c(CC)c2C)N=C1C. The quantitative estimate of drug-likeness (QED) is 0.691. The number of aryl methyl sites for hydroxylation is 1. The van der Waals surface area contributed by atoms with Gasteiger partial charge in [-0.1, -0.05) is 13.8 Å². The highest BCUT2D eigenvalue weighted by atomic mass is 19.2. The second-order valence-corrected chi connectivity index (χ2v) is 6.16. The molecule has 0 bridgehead atoms. The molecule has 0 saturated carbocycles. The van der Waals surface area contributed by atoms with Crippen LogP contribution < -0.4 is 0 Å². The Morgan fingerprint density at radius 2 is 1.74 bits per heavy atom. The number of hydrogen-bond donors (Lipinski definition) is 1. The van der Waals surface area contributed by atoms with Crippen molar-refractivity contribution in [1.29, 1.82) is 0 Å². The molecule has 2 heterocycles. The summed E-state index contributed by atoms with van der Waals surface area (Å²) in [5, 5.41) is 0. The van der Waals surface area contributed by atoms with Gasteiger partial charge >= 0.3 is 7.27 Å². The normalized spacial score (nSPS) is 17.0. The highest BCUT2D eigenvalue weighted by Crippen LogP contribution is 2.37. The van der Waals surface area contributed by atoms with Crippen LogP contribution in [0.1, 0.15) is 56.6 Å². The van der Waals surface area contributed by atoms with Gasteiger partial charge in [0, 0.05) is 29.0 Å². The van der Waals surface area contributed by atoms with Crippen molar-refractivity contribution in [1.82, 2.24) is 4.98 Å². The molecule has 1 aromatic heterocycles. The summed E-state index contributed by atoms with van der Waals surface area (Å²) in [6.45, 7) is 12.1. The summed E-state index contributed by atoms with van der Waals surface area (Å²) in [6.07, 6.45) is 1.49. The molecule has 124 valence electrons. The first-order chi connectivity index (χ1) is 10.8. The average Bonchev–Trinajstić information content (AvgIpc) is 2.92. The maximum atomic E-state index is 13.2. The zero-order valence-corrected chi connectivity index (χ0v) is 14.9. The molecular formula is C18H25BF2N2. The molecule has 0 spiro atoms. The minimum atomic E-state index is -2.39. The molecule has 1 aliphatic rings.